The van der Waals surface area contributed by atoms with E-state index in [1.54, 1.807) is 0 Å². The van der Waals surface area contributed by atoms with Gasteiger partial charge in [-0.15, -0.1) is 0 Å². The molecule has 0 radical (unpaired) electrons. The number of aliphatic imine (C=N–C) groups is 1. The van der Waals surface area contributed by atoms with E-state index in [0.717, 1.165) is 11.1 Å². The molecule has 0 fully saturated rings. The van der Waals surface area contributed by atoms with Crippen molar-refractivity contribution in [2.24, 2.45) is 10.9 Å². The van der Waals surface area contributed by atoms with Crippen molar-refractivity contribution in [2.75, 3.05) is 0 Å². The summed E-state index contributed by atoms with van der Waals surface area (Å²) in [4.78, 5) is 4.37. The van der Waals surface area contributed by atoms with Crippen molar-refractivity contribution in [1.29, 1.82) is 0 Å². The van der Waals surface area contributed by atoms with Crippen LogP contribution in [0.2, 0.25) is 0 Å². The van der Waals surface area contributed by atoms with Gasteiger partial charge in [0, 0.05) is 6.92 Å². The van der Waals surface area contributed by atoms with E-state index in [9.17, 15) is 5.11 Å². The lowest BCUT2D eigenvalue weighted by atomic mass is 9.87. The zero-order chi connectivity index (χ0) is 11.2. The highest BCUT2D eigenvalue weighted by Crippen LogP contribution is 2.34. The molecular weight excluding hydrogens is 190 g/mol. The van der Waals surface area contributed by atoms with Crippen LogP contribution in [0, 0.1) is 5.92 Å². The third-order valence-corrected chi connectivity index (χ3v) is 3.00. The quantitative estimate of drug-likeness (QED) is 0.718. The van der Waals surface area contributed by atoms with Crippen LogP contribution < -0.4 is 0 Å². The van der Waals surface area contributed by atoms with E-state index in [0.29, 0.717) is 17.6 Å². The monoisotopic (exact) mass is 207 g/mol. The molecule has 0 saturated carbocycles. The van der Waals surface area contributed by atoms with Crippen LogP contribution in [0.4, 0.5) is 0 Å². The number of allylic oxidation sites excluding steroid dienone is 1. The predicted octanol–water partition coefficient (Wildman–Crippen LogP) is 2.60. The molecule has 1 N–H and O–H groups in total. The number of nitrogens with zero attached hydrogens (tertiary/aromatic N) is 1. The van der Waals surface area contributed by atoms with Crippen LogP contribution in [0.15, 0.2) is 28.0 Å². The molecule has 82 valence electrons. The summed E-state index contributed by atoms with van der Waals surface area (Å²) in [6.45, 7) is 7.91. The van der Waals surface area contributed by atoms with E-state index < -0.39 is 0 Å². The molecule has 2 rings (SSSR count). The first-order chi connectivity index (χ1) is 7.00. The van der Waals surface area contributed by atoms with Crippen molar-refractivity contribution >= 4 is 5.90 Å². The highest BCUT2D eigenvalue weighted by molar-refractivity contribution is 5.76. The van der Waals surface area contributed by atoms with Gasteiger partial charge in [-0.05, 0) is 30.1 Å². The summed E-state index contributed by atoms with van der Waals surface area (Å²) in [6.07, 6.45) is 1.98. The summed E-state index contributed by atoms with van der Waals surface area (Å²) in [5, 5.41) is 10.0. The second kappa shape index (κ2) is 3.40. The molecule has 2 unspecified atom stereocenters. The number of rotatable bonds is 1. The number of aliphatic hydroxyl groups excluding tert-OH is 1. The Labute approximate surface area is 90.2 Å². The summed E-state index contributed by atoms with van der Waals surface area (Å²) in [6, 6.07) is -0.0208. The molecule has 1 heterocycles. The van der Waals surface area contributed by atoms with Crippen LogP contribution in [-0.4, -0.2) is 23.2 Å². The summed E-state index contributed by atoms with van der Waals surface area (Å²) in [5.41, 5.74) is 1.89. The Morgan fingerprint density at radius 2 is 2.07 bits per heavy atom. The van der Waals surface area contributed by atoms with E-state index in [1.165, 1.54) is 0 Å². The highest BCUT2D eigenvalue weighted by Gasteiger charge is 2.35. The number of aliphatic hydroxyl groups is 1. The highest BCUT2D eigenvalue weighted by atomic mass is 16.5. The van der Waals surface area contributed by atoms with Gasteiger partial charge in [-0.1, -0.05) is 13.8 Å². The van der Waals surface area contributed by atoms with Gasteiger partial charge in [0.15, 0.2) is 5.90 Å². The maximum atomic E-state index is 10.0. The fourth-order valence-electron chi connectivity index (χ4n) is 2.12. The lowest BCUT2D eigenvalue weighted by molar-refractivity contribution is 0.238. The van der Waals surface area contributed by atoms with Gasteiger partial charge in [0.2, 0.25) is 0 Å². The fourth-order valence-corrected chi connectivity index (χ4v) is 2.12. The van der Waals surface area contributed by atoms with Crippen LogP contribution in [0.1, 0.15) is 27.7 Å². The predicted molar refractivity (Wildman–Crippen MR) is 60.0 cm³/mol. The molecular formula is C12H17NO2. The Balaban J connectivity index is 2.39. The Morgan fingerprint density at radius 3 is 2.67 bits per heavy atom. The second-order valence-electron chi connectivity index (χ2n) is 4.48. The van der Waals surface area contributed by atoms with Crippen molar-refractivity contribution in [1.82, 2.24) is 0 Å². The minimum atomic E-state index is -0.0208. The Morgan fingerprint density at radius 1 is 1.40 bits per heavy atom. The number of ether oxygens (including phenoxy) is 1. The molecule has 0 aromatic heterocycles. The zero-order valence-corrected chi connectivity index (χ0v) is 9.61. The molecule has 1 aliphatic carbocycles. The minimum absolute atomic E-state index is 0.0155. The maximum absolute atomic E-state index is 10.0. The maximum Gasteiger partial charge on any atom is 0.181 e. The molecule has 3 nitrogen and oxygen atoms in total. The van der Waals surface area contributed by atoms with Crippen molar-refractivity contribution in [3.63, 3.8) is 0 Å². The molecule has 2 aliphatic rings. The van der Waals surface area contributed by atoms with Gasteiger partial charge in [0.25, 0.3) is 0 Å². The topological polar surface area (TPSA) is 41.8 Å². The largest absolute Gasteiger partial charge is 0.508 e. The van der Waals surface area contributed by atoms with Crippen LogP contribution in [0.3, 0.4) is 0 Å². The van der Waals surface area contributed by atoms with E-state index >= 15 is 0 Å². The SMILES string of the molecule is CC1=NC2C(C)=C(O)C(C(C)C)=CC2O1. The third-order valence-electron chi connectivity index (χ3n) is 3.00. The summed E-state index contributed by atoms with van der Waals surface area (Å²) >= 11 is 0. The van der Waals surface area contributed by atoms with E-state index in [-0.39, 0.29) is 12.1 Å². The second-order valence-corrected chi connectivity index (χ2v) is 4.48. The molecule has 0 amide bonds. The van der Waals surface area contributed by atoms with Gasteiger partial charge < -0.3 is 9.84 Å². The Hall–Kier alpha value is -1.25. The molecule has 0 saturated heterocycles. The molecule has 1 aliphatic heterocycles. The van der Waals surface area contributed by atoms with Crippen molar-refractivity contribution < 1.29 is 9.84 Å². The van der Waals surface area contributed by atoms with Gasteiger partial charge in [0.05, 0.1) is 0 Å². The fraction of sp³-hybridized carbons (Fsp3) is 0.583. The van der Waals surface area contributed by atoms with Gasteiger partial charge in [-0.3, -0.25) is 0 Å². The average Bonchev–Trinajstić information content (AvgIpc) is 2.52. The summed E-state index contributed by atoms with van der Waals surface area (Å²) in [5.74, 6) is 1.41. The van der Waals surface area contributed by atoms with Crippen LogP contribution in [-0.2, 0) is 4.74 Å². The smallest absolute Gasteiger partial charge is 0.181 e. The molecule has 0 aromatic carbocycles. The standard InChI is InChI=1S/C12H17NO2/c1-6(2)9-5-10-11(7(3)12(9)14)13-8(4)15-10/h5-6,10-11,14H,1-4H3. The molecule has 0 aromatic rings. The lowest BCUT2D eigenvalue weighted by Crippen LogP contribution is -2.27. The minimum Gasteiger partial charge on any atom is -0.508 e. The first-order valence-electron chi connectivity index (χ1n) is 5.33. The van der Waals surface area contributed by atoms with E-state index in [1.807, 2.05) is 19.9 Å². The lowest BCUT2D eigenvalue weighted by Gasteiger charge is -2.25. The van der Waals surface area contributed by atoms with Crippen molar-refractivity contribution in [3.05, 3.63) is 23.0 Å². The first kappa shape index (κ1) is 10.3. The van der Waals surface area contributed by atoms with Crippen LogP contribution >= 0.6 is 0 Å². The van der Waals surface area contributed by atoms with Gasteiger partial charge in [-0.25, -0.2) is 4.99 Å². The van der Waals surface area contributed by atoms with Gasteiger partial charge in [0.1, 0.15) is 17.9 Å². The van der Waals surface area contributed by atoms with E-state index in [4.69, 9.17) is 4.74 Å². The number of hydrogen-bond acceptors (Lipinski definition) is 3. The molecule has 0 bridgehead atoms. The summed E-state index contributed by atoms with van der Waals surface area (Å²) < 4.78 is 5.59. The van der Waals surface area contributed by atoms with Gasteiger partial charge >= 0.3 is 0 Å². The van der Waals surface area contributed by atoms with Crippen LogP contribution in [0.25, 0.3) is 0 Å². The average molecular weight is 207 g/mol. The zero-order valence-electron chi connectivity index (χ0n) is 9.61. The van der Waals surface area contributed by atoms with Crippen molar-refractivity contribution in [2.45, 2.75) is 39.8 Å². The molecule has 15 heavy (non-hydrogen) atoms. The Bertz CT molecular complexity index is 377. The normalized spacial score (nSPS) is 29.9. The third kappa shape index (κ3) is 1.56. The van der Waals surface area contributed by atoms with Crippen molar-refractivity contribution in [3.8, 4) is 0 Å². The van der Waals surface area contributed by atoms with Crippen LogP contribution in [0.5, 0.6) is 0 Å². The first-order valence-corrected chi connectivity index (χ1v) is 5.33. The molecule has 2 atom stereocenters. The van der Waals surface area contributed by atoms with E-state index in [2.05, 4.69) is 18.8 Å². The summed E-state index contributed by atoms with van der Waals surface area (Å²) in [7, 11) is 0. The number of hydrogen-bond donors (Lipinski definition) is 1. The Kier molecular flexibility index (Phi) is 2.33. The molecule has 0 spiro atoms. The number of fused-ring (bicyclic) bond motifs is 1. The molecule has 3 heteroatoms. The van der Waals surface area contributed by atoms with Gasteiger partial charge in [-0.2, -0.15) is 0 Å².